The highest BCUT2D eigenvalue weighted by Gasteiger charge is 2.15. The molecule has 1 aromatic heterocycles. The van der Waals surface area contributed by atoms with Crippen molar-refractivity contribution in [2.75, 3.05) is 6.54 Å². The largest absolute Gasteiger partial charge is 0.453 e. The molecule has 2 nitrogen and oxygen atoms in total. The molecule has 0 bridgehead atoms. The van der Waals surface area contributed by atoms with E-state index in [9.17, 15) is 0 Å². The molecule has 1 unspecified atom stereocenters. The molecule has 1 aromatic rings. The van der Waals surface area contributed by atoms with E-state index in [-0.39, 0.29) is 6.04 Å². The van der Waals surface area contributed by atoms with E-state index in [1.165, 1.54) is 0 Å². The Labute approximate surface area is 96.3 Å². The standard InChI is InChI=1S/C12H18ClNO/c1-4-6-14-11(8-9(2)3)10-5-7-15-12(10)13/h5,7,11,14H,2,4,6,8H2,1,3H3. The van der Waals surface area contributed by atoms with E-state index in [0.717, 1.165) is 30.5 Å². The van der Waals surface area contributed by atoms with Crippen LogP contribution in [0.1, 0.15) is 38.3 Å². The Morgan fingerprint density at radius 3 is 2.87 bits per heavy atom. The van der Waals surface area contributed by atoms with Crippen molar-refractivity contribution in [3.8, 4) is 0 Å². The molecule has 1 heterocycles. The predicted molar refractivity (Wildman–Crippen MR) is 64.2 cm³/mol. The van der Waals surface area contributed by atoms with Crippen LogP contribution in [0, 0.1) is 0 Å². The first kappa shape index (κ1) is 12.3. The maximum atomic E-state index is 5.96. The second-order valence-electron chi connectivity index (χ2n) is 3.82. The summed E-state index contributed by atoms with van der Waals surface area (Å²) in [5.74, 6) is 0. The summed E-state index contributed by atoms with van der Waals surface area (Å²) in [6.45, 7) is 9.06. The lowest BCUT2D eigenvalue weighted by Crippen LogP contribution is -2.22. The third-order valence-corrected chi connectivity index (χ3v) is 2.52. The summed E-state index contributed by atoms with van der Waals surface area (Å²) < 4.78 is 5.10. The average molecular weight is 228 g/mol. The van der Waals surface area contributed by atoms with Gasteiger partial charge in [-0.05, 0) is 44.0 Å². The van der Waals surface area contributed by atoms with E-state index in [1.54, 1.807) is 6.26 Å². The number of hydrogen-bond acceptors (Lipinski definition) is 2. The minimum atomic E-state index is 0.216. The maximum Gasteiger partial charge on any atom is 0.197 e. The lowest BCUT2D eigenvalue weighted by atomic mass is 10.0. The smallest absolute Gasteiger partial charge is 0.197 e. The zero-order chi connectivity index (χ0) is 11.3. The molecule has 3 heteroatoms. The molecule has 0 radical (unpaired) electrons. The topological polar surface area (TPSA) is 25.2 Å². The van der Waals surface area contributed by atoms with Gasteiger partial charge < -0.3 is 9.73 Å². The first-order valence-corrected chi connectivity index (χ1v) is 5.63. The monoisotopic (exact) mass is 227 g/mol. The minimum Gasteiger partial charge on any atom is -0.453 e. The number of rotatable bonds is 6. The summed E-state index contributed by atoms with van der Waals surface area (Å²) in [7, 11) is 0. The quantitative estimate of drug-likeness (QED) is 0.745. The van der Waals surface area contributed by atoms with Gasteiger partial charge in [0.15, 0.2) is 5.22 Å². The zero-order valence-electron chi connectivity index (χ0n) is 9.35. The van der Waals surface area contributed by atoms with Crippen LogP contribution in [0.4, 0.5) is 0 Å². The van der Waals surface area contributed by atoms with Gasteiger partial charge in [-0.1, -0.05) is 12.5 Å². The SMILES string of the molecule is C=C(C)CC(NCCC)c1ccoc1Cl. The van der Waals surface area contributed by atoms with E-state index in [2.05, 4.69) is 18.8 Å². The maximum absolute atomic E-state index is 5.96. The minimum absolute atomic E-state index is 0.216. The van der Waals surface area contributed by atoms with E-state index in [4.69, 9.17) is 16.0 Å². The molecule has 0 saturated heterocycles. The molecule has 0 fully saturated rings. The molecule has 0 saturated carbocycles. The summed E-state index contributed by atoms with van der Waals surface area (Å²) in [5, 5.41) is 3.92. The molecular weight excluding hydrogens is 210 g/mol. The first-order chi connectivity index (χ1) is 7.15. The zero-order valence-corrected chi connectivity index (χ0v) is 10.1. The van der Waals surface area contributed by atoms with Gasteiger partial charge in [-0.25, -0.2) is 0 Å². The number of hydrogen-bond donors (Lipinski definition) is 1. The van der Waals surface area contributed by atoms with E-state index in [1.807, 2.05) is 13.0 Å². The molecule has 84 valence electrons. The molecule has 0 aliphatic carbocycles. The second kappa shape index (κ2) is 5.99. The lowest BCUT2D eigenvalue weighted by Gasteiger charge is -2.17. The van der Waals surface area contributed by atoms with Gasteiger partial charge in [-0.3, -0.25) is 0 Å². The number of furan rings is 1. The summed E-state index contributed by atoms with van der Waals surface area (Å²) in [6, 6.07) is 2.13. The van der Waals surface area contributed by atoms with Crippen LogP contribution in [-0.4, -0.2) is 6.54 Å². The summed E-state index contributed by atoms with van der Waals surface area (Å²) in [6.07, 6.45) is 3.61. The molecular formula is C12H18ClNO. The molecule has 0 amide bonds. The van der Waals surface area contributed by atoms with Gasteiger partial charge in [-0.2, -0.15) is 0 Å². The molecule has 1 N–H and O–H groups in total. The second-order valence-corrected chi connectivity index (χ2v) is 4.16. The molecule has 1 atom stereocenters. The Kier molecular flexibility index (Phi) is 4.92. The van der Waals surface area contributed by atoms with Gasteiger partial charge in [0.05, 0.1) is 6.26 Å². The van der Waals surface area contributed by atoms with Gasteiger partial charge in [0.1, 0.15) is 0 Å². The summed E-state index contributed by atoms with van der Waals surface area (Å²) in [4.78, 5) is 0. The Balaban J connectivity index is 2.71. The lowest BCUT2D eigenvalue weighted by molar-refractivity contribution is 0.512. The van der Waals surface area contributed by atoms with E-state index < -0.39 is 0 Å². The molecule has 0 aromatic carbocycles. The molecule has 0 aliphatic rings. The van der Waals surface area contributed by atoms with Crippen molar-refractivity contribution in [3.63, 3.8) is 0 Å². The molecule has 0 spiro atoms. The summed E-state index contributed by atoms with van der Waals surface area (Å²) >= 11 is 5.96. The van der Waals surface area contributed by atoms with Crippen molar-refractivity contribution in [3.05, 3.63) is 35.3 Å². The highest BCUT2D eigenvalue weighted by Crippen LogP contribution is 2.28. The molecule has 15 heavy (non-hydrogen) atoms. The Bertz CT molecular complexity index is 319. The Hall–Kier alpha value is -0.730. The van der Waals surface area contributed by atoms with Gasteiger partial charge in [0.2, 0.25) is 0 Å². The number of nitrogens with one attached hydrogen (secondary N) is 1. The van der Waals surface area contributed by atoms with E-state index in [0.29, 0.717) is 5.22 Å². The van der Waals surface area contributed by atoms with Crippen molar-refractivity contribution in [2.24, 2.45) is 0 Å². The van der Waals surface area contributed by atoms with Crippen LogP contribution in [0.5, 0.6) is 0 Å². The average Bonchev–Trinajstić information content (AvgIpc) is 2.58. The van der Waals surface area contributed by atoms with Crippen molar-refractivity contribution >= 4 is 11.6 Å². The van der Waals surface area contributed by atoms with Gasteiger partial charge in [0.25, 0.3) is 0 Å². The van der Waals surface area contributed by atoms with Gasteiger partial charge in [-0.15, -0.1) is 6.58 Å². The van der Waals surface area contributed by atoms with Crippen LogP contribution >= 0.6 is 11.6 Å². The number of halogens is 1. The van der Waals surface area contributed by atoms with Crippen LogP contribution in [0.2, 0.25) is 5.22 Å². The van der Waals surface area contributed by atoms with Crippen LogP contribution < -0.4 is 5.32 Å². The Morgan fingerprint density at radius 1 is 1.67 bits per heavy atom. The molecule has 0 aliphatic heterocycles. The van der Waals surface area contributed by atoms with Crippen molar-refractivity contribution in [1.29, 1.82) is 0 Å². The predicted octanol–water partition coefficient (Wildman–Crippen LogP) is 3.94. The highest BCUT2D eigenvalue weighted by atomic mass is 35.5. The fourth-order valence-electron chi connectivity index (χ4n) is 1.51. The van der Waals surface area contributed by atoms with Crippen molar-refractivity contribution in [1.82, 2.24) is 5.32 Å². The van der Waals surface area contributed by atoms with Crippen molar-refractivity contribution in [2.45, 2.75) is 32.7 Å². The van der Waals surface area contributed by atoms with Gasteiger partial charge >= 0.3 is 0 Å². The highest BCUT2D eigenvalue weighted by molar-refractivity contribution is 6.29. The van der Waals surface area contributed by atoms with Crippen LogP contribution in [0.15, 0.2) is 28.9 Å². The molecule has 1 rings (SSSR count). The Morgan fingerprint density at radius 2 is 2.40 bits per heavy atom. The van der Waals surface area contributed by atoms with Gasteiger partial charge in [0, 0.05) is 11.6 Å². The third kappa shape index (κ3) is 3.73. The fraction of sp³-hybridized carbons (Fsp3) is 0.500. The fourth-order valence-corrected chi connectivity index (χ4v) is 1.76. The van der Waals surface area contributed by atoms with Crippen molar-refractivity contribution < 1.29 is 4.42 Å². The normalized spacial score (nSPS) is 12.7. The summed E-state index contributed by atoms with van der Waals surface area (Å²) in [5.41, 5.74) is 2.16. The first-order valence-electron chi connectivity index (χ1n) is 5.25. The van der Waals surface area contributed by atoms with Crippen LogP contribution in [0.25, 0.3) is 0 Å². The van der Waals surface area contributed by atoms with Crippen LogP contribution in [0.3, 0.4) is 0 Å². The van der Waals surface area contributed by atoms with Crippen LogP contribution in [-0.2, 0) is 0 Å². The van der Waals surface area contributed by atoms with E-state index >= 15 is 0 Å². The third-order valence-electron chi connectivity index (χ3n) is 2.21.